The molecule has 0 fully saturated rings. The first-order chi connectivity index (χ1) is 10.6. The summed E-state index contributed by atoms with van der Waals surface area (Å²) >= 11 is 0. The van der Waals surface area contributed by atoms with Gasteiger partial charge in [0.15, 0.2) is 0 Å². The molecule has 0 aliphatic rings. The van der Waals surface area contributed by atoms with Crippen LogP contribution in [-0.4, -0.2) is 18.1 Å². The maximum absolute atomic E-state index is 6.69. The van der Waals surface area contributed by atoms with E-state index in [0.717, 1.165) is 19.4 Å². The van der Waals surface area contributed by atoms with Crippen LogP contribution in [-0.2, 0) is 0 Å². The molecule has 0 aromatic rings. The Balaban J connectivity index is 4.59. The van der Waals surface area contributed by atoms with Gasteiger partial charge in [0.2, 0.25) is 0 Å². The topological polar surface area (TPSA) is 38.0 Å². The van der Waals surface area contributed by atoms with Crippen LogP contribution < -0.4 is 11.1 Å². The van der Waals surface area contributed by atoms with E-state index in [-0.39, 0.29) is 11.0 Å². The number of rotatable bonds is 11. The highest BCUT2D eigenvalue weighted by molar-refractivity contribution is 4.92. The highest BCUT2D eigenvalue weighted by Gasteiger charge is 2.35. The summed E-state index contributed by atoms with van der Waals surface area (Å²) in [6.07, 6.45) is 3.37. The second-order valence-corrected chi connectivity index (χ2v) is 10.8. The van der Waals surface area contributed by atoms with Gasteiger partial charge in [-0.25, -0.2) is 0 Å². The van der Waals surface area contributed by atoms with Crippen LogP contribution in [0.1, 0.15) is 95.4 Å². The lowest BCUT2D eigenvalue weighted by Crippen LogP contribution is -2.49. The van der Waals surface area contributed by atoms with Crippen molar-refractivity contribution in [2.75, 3.05) is 6.54 Å². The molecule has 3 atom stereocenters. The van der Waals surface area contributed by atoms with Gasteiger partial charge in [0.25, 0.3) is 0 Å². The zero-order chi connectivity index (χ0) is 19.3. The summed E-state index contributed by atoms with van der Waals surface area (Å²) in [6.45, 7) is 26.7. The van der Waals surface area contributed by atoms with E-state index in [2.05, 4.69) is 81.5 Å². The number of hydrogen-bond acceptors (Lipinski definition) is 2. The van der Waals surface area contributed by atoms with E-state index in [4.69, 9.17) is 5.73 Å². The van der Waals surface area contributed by atoms with Gasteiger partial charge in [-0.2, -0.15) is 0 Å². The molecule has 2 heteroatoms. The zero-order valence-electron chi connectivity index (χ0n) is 18.7. The van der Waals surface area contributed by atoms with E-state index in [9.17, 15) is 0 Å². The summed E-state index contributed by atoms with van der Waals surface area (Å²) in [6, 6.07) is 0.470. The van der Waals surface area contributed by atoms with E-state index in [1.807, 2.05) is 0 Å². The molecule has 3 N–H and O–H groups in total. The standard InChI is InChI=1S/C22H48N2/c1-16(2)18(5)14-22(11,23)15-21(9,10)19(6)24-13-12-20(7,8)17(3)4/h16-19,24H,12-15,23H2,1-11H3. The minimum Gasteiger partial charge on any atom is -0.325 e. The third-order valence-electron chi connectivity index (χ3n) is 6.74. The van der Waals surface area contributed by atoms with Crippen molar-refractivity contribution >= 4 is 0 Å². The van der Waals surface area contributed by atoms with Crippen molar-refractivity contribution in [3.8, 4) is 0 Å². The van der Waals surface area contributed by atoms with Crippen LogP contribution >= 0.6 is 0 Å². The molecule has 24 heavy (non-hydrogen) atoms. The van der Waals surface area contributed by atoms with Crippen molar-refractivity contribution in [3.63, 3.8) is 0 Å². The summed E-state index contributed by atoms with van der Waals surface area (Å²) in [4.78, 5) is 0. The molecule has 0 heterocycles. The van der Waals surface area contributed by atoms with E-state index >= 15 is 0 Å². The summed E-state index contributed by atoms with van der Waals surface area (Å²) < 4.78 is 0. The molecule has 0 aliphatic heterocycles. The molecule has 0 saturated carbocycles. The highest BCUT2D eigenvalue weighted by Crippen LogP contribution is 2.35. The predicted molar refractivity (Wildman–Crippen MR) is 110 cm³/mol. The lowest BCUT2D eigenvalue weighted by molar-refractivity contribution is 0.153. The number of nitrogens with one attached hydrogen (secondary N) is 1. The highest BCUT2D eigenvalue weighted by atomic mass is 14.9. The Bertz CT molecular complexity index is 353. The molecule has 2 nitrogen and oxygen atoms in total. The third-order valence-corrected chi connectivity index (χ3v) is 6.74. The third kappa shape index (κ3) is 8.34. The van der Waals surface area contributed by atoms with Gasteiger partial charge in [-0.15, -0.1) is 0 Å². The summed E-state index contributed by atoms with van der Waals surface area (Å²) in [7, 11) is 0. The first-order valence-corrected chi connectivity index (χ1v) is 10.1. The monoisotopic (exact) mass is 340 g/mol. The van der Waals surface area contributed by atoms with Gasteiger partial charge in [0.05, 0.1) is 0 Å². The molecule has 0 saturated heterocycles. The molecule has 0 aromatic heterocycles. The molecular formula is C22H48N2. The lowest BCUT2D eigenvalue weighted by atomic mass is 9.71. The van der Waals surface area contributed by atoms with Crippen molar-refractivity contribution in [2.24, 2.45) is 34.3 Å². The van der Waals surface area contributed by atoms with Crippen LogP contribution in [0.5, 0.6) is 0 Å². The Morgan fingerprint density at radius 2 is 1.33 bits per heavy atom. The first-order valence-electron chi connectivity index (χ1n) is 10.1. The molecule has 0 aliphatic carbocycles. The van der Waals surface area contributed by atoms with E-state index in [0.29, 0.717) is 29.2 Å². The Hall–Kier alpha value is -0.0800. The Morgan fingerprint density at radius 3 is 1.75 bits per heavy atom. The molecule has 0 bridgehead atoms. The van der Waals surface area contributed by atoms with Gasteiger partial charge in [-0.05, 0) is 68.2 Å². The minimum absolute atomic E-state index is 0.0969. The van der Waals surface area contributed by atoms with Gasteiger partial charge in [-0.3, -0.25) is 0 Å². The average molecular weight is 341 g/mol. The Kier molecular flexibility index (Phi) is 9.00. The smallest absolute Gasteiger partial charge is 0.0134 e. The SMILES string of the molecule is CC(C)C(C)CC(C)(N)CC(C)(C)C(C)NCCC(C)(C)C(C)C. The van der Waals surface area contributed by atoms with Crippen molar-refractivity contribution in [1.82, 2.24) is 5.32 Å². The van der Waals surface area contributed by atoms with Crippen molar-refractivity contribution in [1.29, 1.82) is 0 Å². The van der Waals surface area contributed by atoms with Gasteiger partial charge in [0.1, 0.15) is 0 Å². The van der Waals surface area contributed by atoms with Crippen molar-refractivity contribution in [2.45, 2.75) is 107 Å². The fourth-order valence-corrected chi connectivity index (χ4v) is 3.41. The zero-order valence-corrected chi connectivity index (χ0v) is 18.7. The first kappa shape index (κ1) is 23.9. The summed E-state index contributed by atoms with van der Waals surface area (Å²) in [5, 5.41) is 3.78. The maximum atomic E-state index is 6.69. The van der Waals surface area contributed by atoms with Crippen LogP contribution in [0, 0.1) is 28.6 Å². The summed E-state index contributed by atoms with van der Waals surface area (Å²) in [5.74, 6) is 2.09. The lowest BCUT2D eigenvalue weighted by Gasteiger charge is -2.41. The van der Waals surface area contributed by atoms with E-state index in [1.54, 1.807) is 0 Å². The normalized spacial score (nSPS) is 18.8. The van der Waals surface area contributed by atoms with Gasteiger partial charge < -0.3 is 11.1 Å². The molecule has 0 amide bonds. The fraction of sp³-hybridized carbons (Fsp3) is 1.00. The van der Waals surface area contributed by atoms with Crippen LogP contribution in [0.3, 0.4) is 0 Å². The maximum Gasteiger partial charge on any atom is 0.0134 e. The quantitative estimate of drug-likeness (QED) is 0.495. The van der Waals surface area contributed by atoms with Gasteiger partial charge in [-0.1, -0.05) is 62.3 Å². The molecule has 0 radical (unpaired) electrons. The predicted octanol–water partition coefficient (Wildman–Crippen LogP) is 5.85. The van der Waals surface area contributed by atoms with E-state index in [1.165, 1.54) is 6.42 Å². The molecule has 0 rings (SSSR count). The van der Waals surface area contributed by atoms with Gasteiger partial charge >= 0.3 is 0 Å². The second-order valence-electron chi connectivity index (χ2n) is 10.8. The number of hydrogen-bond donors (Lipinski definition) is 2. The second kappa shape index (κ2) is 9.03. The Labute approximate surface area is 153 Å². The Morgan fingerprint density at radius 1 is 0.833 bits per heavy atom. The van der Waals surface area contributed by atoms with Gasteiger partial charge in [0, 0.05) is 11.6 Å². The fourth-order valence-electron chi connectivity index (χ4n) is 3.41. The number of nitrogens with two attached hydrogens (primary N) is 1. The molecule has 146 valence electrons. The van der Waals surface area contributed by atoms with Crippen LogP contribution in [0.25, 0.3) is 0 Å². The molecule has 0 spiro atoms. The molecular weight excluding hydrogens is 292 g/mol. The summed E-state index contributed by atoms with van der Waals surface area (Å²) in [5.41, 5.74) is 7.18. The molecule has 0 aromatic carbocycles. The van der Waals surface area contributed by atoms with Crippen molar-refractivity contribution < 1.29 is 0 Å². The van der Waals surface area contributed by atoms with Crippen LogP contribution in [0.4, 0.5) is 0 Å². The van der Waals surface area contributed by atoms with Crippen LogP contribution in [0.2, 0.25) is 0 Å². The average Bonchev–Trinajstić information content (AvgIpc) is 2.35. The molecule has 3 unspecified atom stereocenters. The van der Waals surface area contributed by atoms with Crippen LogP contribution in [0.15, 0.2) is 0 Å². The largest absolute Gasteiger partial charge is 0.325 e. The van der Waals surface area contributed by atoms with E-state index < -0.39 is 0 Å². The minimum atomic E-state index is -0.0969. The van der Waals surface area contributed by atoms with Crippen molar-refractivity contribution in [3.05, 3.63) is 0 Å².